The van der Waals surface area contributed by atoms with Crippen LogP contribution in [0.5, 0.6) is 0 Å². The molecule has 8 heteroatoms. The van der Waals surface area contributed by atoms with Crippen LogP contribution in [0, 0.1) is 46.8 Å². The number of piperidine rings is 1. The van der Waals surface area contributed by atoms with Gasteiger partial charge in [0, 0.05) is 24.9 Å². The lowest BCUT2D eigenvalue weighted by atomic mass is 9.51. The Balaban J connectivity index is 1.16. The summed E-state index contributed by atoms with van der Waals surface area (Å²) in [5.41, 5.74) is 3.24. The summed E-state index contributed by atoms with van der Waals surface area (Å²) >= 11 is 0. The van der Waals surface area contributed by atoms with Crippen molar-refractivity contribution < 1.29 is 34.7 Å². The molecular formula is C34H55NO7. The molecule has 2 saturated heterocycles. The fourth-order valence-electron chi connectivity index (χ4n) is 10.8. The number of likely N-dealkylation sites (tertiary alicyclic amines) is 1. The van der Waals surface area contributed by atoms with Crippen LogP contribution in [0.15, 0.2) is 11.1 Å². The smallest absolute Gasteiger partial charge is 0.186 e. The number of hydrogen-bond acceptors (Lipinski definition) is 8. The van der Waals surface area contributed by atoms with Crippen molar-refractivity contribution in [3.05, 3.63) is 11.1 Å². The second-order valence-corrected chi connectivity index (χ2v) is 15.5. The SMILES string of the molecule is CC1=C2CC3C(CC(=O)C4CC(OC5OC(CO)C(O)C(O)C5O)CCC43C)C2CCC1C(C)C1CCC(C)CN1C. The zero-order valence-electron chi connectivity index (χ0n) is 26.3. The van der Waals surface area contributed by atoms with Gasteiger partial charge in [-0.05, 0) is 106 Å². The van der Waals surface area contributed by atoms with Crippen molar-refractivity contribution in [3.8, 4) is 0 Å². The molecule has 42 heavy (non-hydrogen) atoms. The minimum Gasteiger partial charge on any atom is -0.394 e. The fraction of sp³-hybridized carbons (Fsp3) is 0.912. The van der Waals surface area contributed by atoms with Crippen LogP contribution >= 0.6 is 0 Å². The summed E-state index contributed by atoms with van der Waals surface area (Å²) in [7, 11) is 2.32. The Bertz CT molecular complexity index is 1050. The van der Waals surface area contributed by atoms with E-state index in [-0.39, 0.29) is 17.4 Å². The molecule has 238 valence electrons. The van der Waals surface area contributed by atoms with Gasteiger partial charge in [-0.15, -0.1) is 0 Å². The molecular weight excluding hydrogens is 534 g/mol. The molecule has 15 unspecified atom stereocenters. The van der Waals surface area contributed by atoms with E-state index in [4.69, 9.17) is 9.47 Å². The molecule has 0 aromatic carbocycles. The number of aliphatic hydroxyl groups is 4. The van der Waals surface area contributed by atoms with Gasteiger partial charge in [-0.25, -0.2) is 0 Å². The summed E-state index contributed by atoms with van der Waals surface area (Å²) in [5.74, 6) is 3.85. The first-order valence-corrected chi connectivity index (χ1v) is 16.8. The van der Waals surface area contributed by atoms with Crippen molar-refractivity contribution in [3.63, 3.8) is 0 Å². The molecule has 4 aliphatic carbocycles. The lowest BCUT2D eigenvalue weighted by molar-refractivity contribution is -0.315. The van der Waals surface area contributed by atoms with Gasteiger partial charge in [0.25, 0.3) is 0 Å². The Morgan fingerprint density at radius 2 is 1.83 bits per heavy atom. The van der Waals surface area contributed by atoms with Crippen LogP contribution in [-0.2, 0) is 14.3 Å². The van der Waals surface area contributed by atoms with Crippen molar-refractivity contribution in [1.82, 2.24) is 4.90 Å². The largest absolute Gasteiger partial charge is 0.394 e. The molecule has 2 aliphatic heterocycles. The van der Waals surface area contributed by atoms with E-state index in [0.29, 0.717) is 54.3 Å². The number of allylic oxidation sites excluding steroid dienone is 2. The van der Waals surface area contributed by atoms with E-state index in [0.717, 1.165) is 25.2 Å². The molecule has 15 atom stereocenters. The number of Topliss-reactive ketones (excluding diaryl/α,β-unsaturated/α-hetero) is 1. The molecule has 0 spiro atoms. The van der Waals surface area contributed by atoms with Gasteiger partial charge >= 0.3 is 0 Å². The van der Waals surface area contributed by atoms with Gasteiger partial charge in [0.1, 0.15) is 30.2 Å². The lowest BCUT2D eigenvalue weighted by Gasteiger charge is -2.53. The first kappa shape index (κ1) is 31.1. The second-order valence-electron chi connectivity index (χ2n) is 15.5. The van der Waals surface area contributed by atoms with Crippen molar-refractivity contribution in [1.29, 1.82) is 0 Å². The summed E-state index contributed by atoms with van der Waals surface area (Å²) in [6.45, 7) is 10.4. The number of ether oxygens (including phenoxy) is 2. The van der Waals surface area contributed by atoms with Crippen molar-refractivity contribution in [2.24, 2.45) is 46.8 Å². The van der Waals surface area contributed by atoms with Crippen molar-refractivity contribution in [2.75, 3.05) is 20.2 Å². The van der Waals surface area contributed by atoms with Crippen LogP contribution in [0.1, 0.15) is 85.5 Å². The summed E-state index contributed by atoms with van der Waals surface area (Å²) in [5, 5.41) is 40.4. The molecule has 0 amide bonds. The van der Waals surface area contributed by atoms with E-state index < -0.39 is 37.3 Å². The van der Waals surface area contributed by atoms with E-state index in [9.17, 15) is 25.2 Å². The monoisotopic (exact) mass is 589 g/mol. The third-order valence-electron chi connectivity index (χ3n) is 13.3. The predicted molar refractivity (Wildman–Crippen MR) is 158 cm³/mol. The molecule has 5 fully saturated rings. The second kappa shape index (κ2) is 11.8. The quantitative estimate of drug-likeness (QED) is 0.285. The Morgan fingerprint density at radius 3 is 2.55 bits per heavy atom. The highest BCUT2D eigenvalue weighted by Gasteiger charge is 2.60. The molecule has 0 radical (unpaired) electrons. The van der Waals surface area contributed by atoms with Crippen LogP contribution < -0.4 is 0 Å². The number of carbonyl (C=O) groups excluding carboxylic acids is 1. The summed E-state index contributed by atoms with van der Waals surface area (Å²) in [6, 6.07) is 0.657. The van der Waals surface area contributed by atoms with Crippen LogP contribution in [0.2, 0.25) is 0 Å². The Hall–Kier alpha value is -0.870. The van der Waals surface area contributed by atoms with E-state index in [2.05, 4.69) is 39.6 Å². The standard InChI is InChI=1S/C34H55NO7/c1-17-6-9-27(35(5)15-17)19(3)21-7-8-22-23(18(21)2)13-25-24(22)14-28(37)26-12-20(10-11-34(25,26)4)41-33-32(40)31(39)30(38)29(16-36)42-33/h17,19-22,24-27,29-33,36,38-40H,6-16H2,1-5H3. The zero-order chi connectivity index (χ0) is 30.1. The maximum Gasteiger partial charge on any atom is 0.186 e. The normalized spacial score (nSPS) is 50.7. The molecule has 3 saturated carbocycles. The molecule has 2 heterocycles. The lowest BCUT2D eigenvalue weighted by Crippen LogP contribution is -2.60. The Morgan fingerprint density at radius 1 is 1.07 bits per heavy atom. The van der Waals surface area contributed by atoms with Crippen LogP contribution in [0.25, 0.3) is 0 Å². The van der Waals surface area contributed by atoms with Gasteiger partial charge < -0.3 is 34.8 Å². The topological polar surface area (TPSA) is 120 Å². The molecule has 6 aliphatic rings. The van der Waals surface area contributed by atoms with Gasteiger partial charge in [0.2, 0.25) is 0 Å². The summed E-state index contributed by atoms with van der Waals surface area (Å²) in [6.07, 6.45) is 2.39. The Labute approximate surface area is 251 Å². The minimum absolute atomic E-state index is 0.0688. The third kappa shape index (κ3) is 5.15. The molecule has 4 N–H and O–H groups in total. The van der Waals surface area contributed by atoms with Crippen LogP contribution in [-0.4, -0.2) is 94.2 Å². The van der Waals surface area contributed by atoms with E-state index in [1.807, 2.05) is 0 Å². The summed E-state index contributed by atoms with van der Waals surface area (Å²) in [4.78, 5) is 16.4. The van der Waals surface area contributed by atoms with Gasteiger partial charge in [0.15, 0.2) is 6.29 Å². The van der Waals surface area contributed by atoms with E-state index in [1.54, 1.807) is 11.1 Å². The summed E-state index contributed by atoms with van der Waals surface area (Å²) < 4.78 is 11.8. The minimum atomic E-state index is -1.46. The zero-order valence-corrected chi connectivity index (χ0v) is 26.3. The average Bonchev–Trinajstić information content (AvgIpc) is 3.34. The maximum atomic E-state index is 13.8. The van der Waals surface area contributed by atoms with Gasteiger partial charge in [-0.1, -0.05) is 31.9 Å². The van der Waals surface area contributed by atoms with Gasteiger partial charge in [-0.3, -0.25) is 4.79 Å². The molecule has 6 rings (SSSR count). The van der Waals surface area contributed by atoms with Crippen molar-refractivity contribution in [2.45, 2.75) is 128 Å². The first-order chi connectivity index (χ1) is 19.9. The van der Waals surface area contributed by atoms with Gasteiger partial charge in [0.05, 0.1) is 12.7 Å². The number of fused-ring (bicyclic) bond motifs is 5. The highest BCUT2D eigenvalue weighted by Crippen LogP contribution is 2.64. The highest BCUT2D eigenvalue weighted by molar-refractivity contribution is 5.83. The maximum absolute atomic E-state index is 13.8. The number of ketones is 1. The molecule has 8 nitrogen and oxygen atoms in total. The Kier molecular flexibility index (Phi) is 8.75. The molecule has 0 aromatic heterocycles. The first-order valence-electron chi connectivity index (χ1n) is 16.8. The number of carbonyl (C=O) groups is 1. The number of nitrogens with zero attached hydrogens (tertiary/aromatic N) is 1. The average molecular weight is 590 g/mol. The number of hydrogen-bond donors (Lipinski definition) is 4. The van der Waals surface area contributed by atoms with Crippen molar-refractivity contribution >= 4 is 5.78 Å². The number of rotatable bonds is 5. The highest BCUT2D eigenvalue weighted by atomic mass is 16.7. The van der Waals surface area contributed by atoms with Crippen LogP contribution in [0.3, 0.4) is 0 Å². The fourth-order valence-corrected chi connectivity index (χ4v) is 10.8. The van der Waals surface area contributed by atoms with Gasteiger partial charge in [-0.2, -0.15) is 0 Å². The number of aliphatic hydroxyl groups excluding tert-OH is 4. The third-order valence-corrected chi connectivity index (χ3v) is 13.3. The molecule has 0 aromatic rings. The molecule has 0 bridgehead atoms. The van der Waals surface area contributed by atoms with Crippen LogP contribution in [0.4, 0.5) is 0 Å². The van der Waals surface area contributed by atoms with E-state index >= 15 is 0 Å². The van der Waals surface area contributed by atoms with E-state index in [1.165, 1.54) is 32.2 Å². The predicted octanol–water partition coefficient (Wildman–Crippen LogP) is 3.30.